The number of nitrogens with one attached hydrogen (secondary N) is 2. The summed E-state index contributed by atoms with van der Waals surface area (Å²) in [7, 11) is 2.90. The monoisotopic (exact) mass is 424 g/mol. The quantitative estimate of drug-likeness (QED) is 0.511. The third-order valence-electron chi connectivity index (χ3n) is 4.72. The maximum Gasteiger partial charge on any atom is 0.356 e. The molecule has 164 valence electrons. The van der Waals surface area contributed by atoms with Crippen LogP contribution in [0.25, 0.3) is 11.0 Å². The van der Waals surface area contributed by atoms with Gasteiger partial charge >= 0.3 is 5.97 Å². The maximum absolute atomic E-state index is 12.8. The van der Waals surface area contributed by atoms with E-state index in [0.717, 1.165) is 11.3 Å². The van der Waals surface area contributed by atoms with E-state index in [0.29, 0.717) is 29.9 Å². The fraction of sp³-hybridized carbons (Fsp3) is 0.348. The molecule has 1 aromatic carbocycles. The first-order chi connectivity index (χ1) is 14.9. The number of hydrogen-bond donors (Lipinski definition) is 2. The number of anilines is 2. The van der Waals surface area contributed by atoms with E-state index in [9.17, 15) is 9.59 Å². The third-order valence-corrected chi connectivity index (χ3v) is 4.72. The molecule has 0 spiro atoms. The number of rotatable bonds is 9. The van der Waals surface area contributed by atoms with Crippen LogP contribution in [0, 0.1) is 0 Å². The lowest BCUT2D eigenvalue weighted by molar-refractivity contribution is -0.115. The van der Waals surface area contributed by atoms with Crippen molar-refractivity contribution in [3.05, 3.63) is 53.9 Å². The van der Waals surface area contributed by atoms with Crippen molar-refractivity contribution in [3.8, 4) is 0 Å². The fourth-order valence-electron chi connectivity index (χ4n) is 3.44. The predicted molar refractivity (Wildman–Crippen MR) is 120 cm³/mol. The molecule has 0 bridgehead atoms. The molecule has 3 rings (SSSR count). The van der Waals surface area contributed by atoms with E-state index in [1.807, 2.05) is 50.2 Å². The SMILES string of the molecule is COCCn1c(C(=O)OC)c(NC(=O)Cc2ccccc2)c2cc(NC(C)C)cnc21. The molecule has 8 heteroatoms. The van der Waals surface area contributed by atoms with E-state index < -0.39 is 5.97 Å². The van der Waals surface area contributed by atoms with Crippen LogP contribution in [0.2, 0.25) is 0 Å². The summed E-state index contributed by atoms with van der Waals surface area (Å²) in [6.07, 6.45) is 1.89. The summed E-state index contributed by atoms with van der Waals surface area (Å²) < 4.78 is 12.0. The predicted octanol–water partition coefficient (Wildman–Crippen LogP) is 3.47. The number of nitrogens with zero attached hydrogens (tertiary/aromatic N) is 2. The van der Waals surface area contributed by atoms with Crippen molar-refractivity contribution in [3.63, 3.8) is 0 Å². The lowest BCUT2D eigenvalue weighted by atomic mass is 10.1. The van der Waals surface area contributed by atoms with E-state index in [2.05, 4.69) is 15.6 Å². The highest BCUT2D eigenvalue weighted by molar-refractivity contribution is 6.11. The molecule has 31 heavy (non-hydrogen) atoms. The molecule has 1 amide bonds. The maximum atomic E-state index is 12.8. The second-order valence-corrected chi connectivity index (χ2v) is 7.46. The lowest BCUT2D eigenvalue weighted by Gasteiger charge is -2.10. The van der Waals surface area contributed by atoms with Crippen molar-refractivity contribution >= 4 is 34.3 Å². The number of ether oxygens (including phenoxy) is 2. The van der Waals surface area contributed by atoms with Crippen LogP contribution < -0.4 is 10.6 Å². The Kier molecular flexibility index (Phi) is 7.25. The van der Waals surface area contributed by atoms with E-state index in [-0.39, 0.29) is 24.1 Å². The molecule has 2 heterocycles. The number of carbonyl (C=O) groups is 2. The Hall–Kier alpha value is -3.39. The van der Waals surface area contributed by atoms with Crippen molar-refractivity contribution in [2.75, 3.05) is 31.5 Å². The molecule has 0 aliphatic heterocycles. The summed E-state index contributed by atoms with van der Waals surface area (Å²) in [5.74, 6) is -0.785. The molecule has 0 radical (unpaired) electrons. The molecule has 3 aromatic rings. The Labute approximate surface area is 181 Å². The number of aromatic nitrogens is 2. The van der Waals surface area contributed by atoms with Crippen LogP contribution in [0.3, 0.4) is 0 Å². The van der Waals surface area contributed by atoms with Gasteiger partial charge in [0.1, 0.15) is 5.65 Å². The normalized spacial score (nSPS) is 11.0. The van der Waals surface area contributed by atoms with Crippen LogP contribution in [0.5, 0.6) is 0 Å². The zero-order chi connectivity index (χ0) is 22.4. The number of hydrogen-bond acceptors (Lipinski definition) is 6. The van der Waals surface area contributed by atoms with Crippen molar-refractivity contribution < 1.29 is 19.1 Å². The minimum Gasteiger partial charge on any atom is -0.464 e. The average Bonchev–Trinajstić information content (AvgIpc) is 3.04. The van der Waals surface area contributed by atoms with Gasteiger partial charge in [-0.25, -0.2) is 9.78 Å². The number of esters is 1. The first-order valence-electron chi connectivity index (χ1n) is 10.1. The summed E-state index contributed by atoms with van der Waals surface area (Å²) in [4.78, 5) is 30.1. The van der Waals surface area contributed by atoms with Gasteiger partial charge in [-0.3, -0.25) is 4.79 Å². The largest absolute Gasteiger partial charge is 0.464 e. The van der Waals surface area contributed by atoms with Crippen LogP contribution in [0.15, 0.2) is 42.6 Å². The number of methoxy groups -OCH3 is 2. The molecule has 2 aromatic heterocycles. The highest BCUT2D eigenvalue weighted by Crippen LogP contribution is 2.33. The third kappa shape index (κ3) is 5.21. The van der Waals surface area contributed by atoms with Crippen LogP contribution in [0.4, 0.5) is 11.4 Å². The van der Waals surface area contributed by atoms with Crippen molar-refractivity contribution in [2.45, 2.75) is 32.9 Å². The first-order valence-corrected chi connectivity index (χ1v) is 10.1. The Morgan fingerprint density at radius 3 is 2.55 bits per heavy atom. The van der Waals surface area contributed by atoms with E-state index in [4.69, 9.17) is 9.47 Å². The number of fused-ring (bicyclic) bond motifs is 1. The molecule has 8 nitrogen and oxygen atoms in total. The first kappa shape index (κ1) is 22.3. The van der Waals surface area contributed by atoms with Gasteiger partial charge in [0.15, 0.2) is 5.69 Å². The topological polar surface area (TPSA) is 94.5 Å². The van der Waals surface area contributed by atoms with Gasteiger partial charge in [-0.2, -0.15) is 0 Å². The van der Waals surface area contributed by atoms with Gasteiger partial charge in [0, 0.05) is 25.1 Å². The highest BCUT2D eigenvalue weighted by Gasteiger charge is 2.26. The molecule has 0 aliphatic rings. The van der Waals surface area contributed by atoms with Crippen molar-refractivity contribution in [1.29, 1.82) is 0 Å². The molecular formula is C23H28N4O4. The van der Waals surface area contributed by atoms with Gasteiger partial charge < -0.3 is 24.7 Å². The molecule has 0 unspecified atom stereocenters. The number of carbonyl (C=O) groups excluding carboxylic acids is 2. The van der Waals surface area contributed by atoms with Crippen molar-refractivity contribution in [1.82, 2.24) is 9.55 Å². The lowest BCUT2D eigenvalue weighted by Crippen LogP contribution is -2.19. The van der Waals surface area contributed by atoms with Gasteiger partial charge in [-0.05, 0) is 25.5 Å². The van der Waals surface area contributed by atoms with Gasteiger partial charge in [-0.1, -0.05) is 30.3 Å². The summed E-state index contributed by atoms with van der Waals surface area (Å²) in [6, 6.07) is 11.5. The second kappa shape index (κ2) is 10.1. The smallest absolute Gasteiger partial charge is 0.356 e. The number of amides is 1. The minimum absolute atomic E-state index is 0.184. The second-order valence-electron chi connectivity index (χ2n) is 7.46. The average molecular weight is 425 g/mol. The highest BCUT2D eigenvalue weighted by atomic mass is 16.5. The summed E-state index contributed by atoms with van der Waals surface area (Å²) in [5.41, 5.74) is 2.87. The van der Waals surface area contributed by atoms with Crippen LogP contribution in [-0.4, -0.2) is 48.3 Å². The molecule has 0 fully saturated rings. The van der Waals surface area contributed by atoms with Crippen molar-refractivity contribution in [2.24, 2.45) is 0 Å². The Morgan fingerprint density at radius 1 is 1.16 bits per heavy atom. The number of benzene rings is 1. The molecule has 0 saturated carbocycles. The van der Waals surface area contributed by atoms with Gasteiger partial charge in [0.25, 0.3) is 0 Å². The molecule has 0 saturated heterocycles. The molecule has 0 aliphatic carbocycles. The van der Waals surface area contributed by atoms with Crippen LogP contribution in [-0.2, 0) is 27.2 Å². The van der Waals surface area contributed by atoms with Gasteiger partial charge in [-0.15, -0.1) is 0 Å². The Bertz CT molecular complexity index is 1060. The van der Waals surface area contributed by atoms with Gasteiger partial charge in [0.05, 0.1) is 37.7 Å². The van der Waals surface area contributed by atoms with E-state index >= 15 is 0 Å². The Balaban J connectivity index is 2.09. The molecule has 2 N–H and O–H groups in total. The zero-order valence-electron chi connectivity index (χ0n) is 18.3. The van der Waals surface area contributed by atoms with E-state index in [1.54, 1.807) is 17.9 Å². The number of pyridine rings is 1. The fourth-order valence-corrected chi connectivity index (χ4v) is 3.44. The van der Waals surface area contributed by atoms with E-state index in [1.165, 1.54) is 7.11 Å². The minimum atomic E-state index is -0.553. The van der Waals surface area contributed by atoms with Crippen LogP contribution in [0.1, 0.15) is 29.9 Å². The standard InChI is InChI=1S/C23H28N4O4/c1-15(2)25-17-13-18-20(26-19(28)12-16-8-6-5-7-9-16)21(23(29)31-4)27(10-11-30-3)22(18)24-14-17/h5-9,13-15,25H,10-12H2,1-4H3,(H,26,28). The van der Waals surface area contributed by atoms with Crippen LogP contribution >= 0.6 is 0 Å². The molecular weight excluding hydrogens is 396 g/mol. The summed E-state index contributed by atoms with van der Waals surface area (Å²) in [5, 5.41) is 6.89. The summed E-state index contributed by atoms with van der Waals surface area (Å²) >= 11 is 0. The zero-order valence-corrected chi connectivity index (χ0v) is 18.3. The Morgan fingerprint density at radius 2 is 1.90 bits per heavy atom. The summed E-state index contributed by atoms with van der Waals surface area (Å²) in [6.45, 7) is 4.81. The molecule has 0 atom stereocenters. The van der Waals surface area contributed by atoms with Gasteiger partial charge in [0.2, 0.25) is 5.91 Å².